The van der Waals surface area contributed by atoms with Crippen LogP contribution in [0.3, 0.4) is 0 Å². The Hall–Kier alpha value is -0.600. The van der Waals surface area contributed by atoms with Gasteiger partial charge in [-0.2, -0.15) is 0 Å². The summed E-state index contributed by atoms with van der Waals surface area (Å²) in [6.45, 7) is 7.35. The topological polar surface area (TPSA) is 35.2 Å². The minimum atomic E-state index is 0.716. The molecule has 0 fully saturated rings. The van der Waals surface area contributed by atoms with Gasteiger partial charge < -0.3 is 10.5 Å². The van der Waals surface area contributed by atoms with Crippen LogP contribution in [0.2, 0.25) is 0 Å². The molecule has 0 aromatic heterocycles. The van der Waals surface area contributed by atoms with Gasteiger partial charge in [-0.25, -0.2) is 0 Å². The molecule has 0 saturated heterocycles. The molecule has 0 atom stereocenters. The maximum absolute atomic E-state index is 5.44. The summed E-state index contributed by atoms with van der Waals surface area (Å²) >= 11 is 0. The summed E-state index contributed by atoms with van der Waals surface area (Å²) in [5, 5.41) is 0. The third-order valence-corrected chi connectivity index (χ3v) is 1.77. The molecular formula is C11H21NO. The van der Waals surface area contributed by atoms with E-state index in [0.29, 0.717) is 6.61 Å². The van der Waals surface area contributed by atoms with E-state index in [2.05, 4.69) is 12.7 Å². The first-order valence-electron chi connectivity index (χ1n) is 4.72. The molecule has 0 aliphatic carbocycles. The van der Waals surface area contributed by atoms with Gasteiger partial charge >= 0.3 is 0 Å². The van der Waals surface area contributed by atoms with Gasteiger partial charge in [0.1, 0.15) is 0 Å². The molecule has 0 rings (SSSR count). The van der Waals surface area contributed by atoms with E-state index in [0.717, 1.165) is 25.8 Å². The van der Waals surface area contributed by atoms with E-state index < -0.39 is 0 Å². The number of methoxy groups -OCH3 is 1. The summed E-state index contributed by atoms with van der Waals surface area (Å²) in [7, 11) is 1.72. The predicted octanol–water partition coefficient (Wildman–Crippen LogP) is 2.26. The van der Waals surface area contributed by atoms with Crippen molar-refractivity contribution in [3.63, 3.8) is 0 Å². The Morgan fingerprint density at radius 1 is 1.54 bits per heavy atom. The third kappa shape index (κ3) is 7.75. The van der Waals surface area contributed by atoms with E-state index >= 15 is 0 Å². The van der Waals surface area contributed by atoms with Crippen molar-refractivity contribution in [1.82, 2.24) is 0 Å². The summed E-state index contributed by atoms with van der Waals surface area (Å²) in [5.74, 6) is 0. The Morgan fingerprint density at radius 3 is 2.69 bits per heavy atom. The van der Waals surface area contributed by atoms with Crippen molar-refractivity contribution in [2.75, 3.05) is 20.3 Å². The predicted molar refractivity (Wildman–Crippen MR) is 57.7 cm³/mol. The van der Waals surface area contributed by atoms with E-state index in [4.69, 9.17) is 10.5 Å². The van der Waals surface area contributed by atoms with Gasteiger partial charge in [0.2, 0.25) is 0 Å². The highest BCUT2D eigenvalue weighted by Crippen LogP contribution is 2.08. The number of allylic oxidation sites excluding steroid dienone is 2. The minimum absolute atomic E-state index is 0.716. The fourth-order valence-electron chi connectivity index (χ4n) is 1.07. The minimum Gasteiger partial charge on any atom is -0.380 e. The molecule has 13 heavy (non-hydrogen) atoms. The van der Waals surface area contributed by atoms with Gasteiger partial charge in [0.15, 0.2) is 0 Å². The molecule has 0 heterocycles. The lowest BCUT2D eigenvalue weighted by Crippen LogP contribution is -2.02. The van der Waals surface area contributed by atoms with Gasteiger partial charge in [-0.3, -0.25) is 0 Å². The number of rotatable bonds is 7. The zero-order valence-corrected chi connectivity index (χ0v) is 8.81. The van der Waals surface area contributed by atoms with Gasteiger partial charge in [-0.15, -0.1) is 0 Å². The van der Waals surface area contributed by atoms with Crippen LogP contribution in [0, 0.1) is 0 Å². The molecule has 0 radical (unpaired) electrons. The summed E-state index contributed by atoms with van der Waals surface area (Å²) in [4.78, 5) is 0. The molecule has 0 saturated carbocycles. The average Bonchev–Trinajstić information content (AvgIpc) is 2.09. The van der Waals surface area contributed by atoms with Crippen molar-refractivity contribution in [2.45, 2.75) is 26.2 Å². The zero-order chi connectivity index (χ0) is 10.1. The molecule has 0 unspecified atom stereocenters. The van der Waals surface area contributed by atoms with E-state index in [1.807, 2.05) is 6.92 Å². The fraction of sp³-hybridized carbons (Fsp3) is 0.636. The highest BCUT2D eigenvalue weighted by atomic mass is 16.5. The Labute approximate surface area is 81.5 Å². The standard InChI is InChI=1S/C11H21NO/c1-10(2)6-7-11(9-13-3)5-4-8-12/h7H,1,4-6,8-9,12H2,2-3H3. The van der Waals surface area contributed by atoms with Crippen LogP contribution >= 0.6 is 0 Å². The Kier molecular flexibility index (Phi) is 7.65. The highest BCUT2D eigenvalue weighted by Gasteiger charge is 1.95. The van der Waals surface area contributed by atoms with E-state index in [1.165, 1.54) is 11.1 Å². The van der Waals surface area contributed by atoms with Crippen LogP contribution < -0.4 is 5.73 Å². The molecule has 0 amide bonds. The lowest BCUT2D eigenvalue weighted by Gasteiger charge is -2.05. The van der Waals surface area contributed by atoms with Crippen molar-refractivity contribution in [2.24, 2.45) is 5.73 Å². The second-order valence-corrected chi connectivity index (χ2v) is 3.35. The maximum Gasteiger partial charge on any atom is 0.0673 e. The Balaban J connectivity index is 3.90. The second kappa shape index (κ2) is 8.02. The average molecular weight is 183 g/mol. The number of hydrogen-bond donors (Lipinski definition) is 1. The number of nitrogens with two attached hydrogens (primary N) is 1. The first-order chi connectivity index (χ1) is 6.20. The van der Waals surface area contributed by atoms with Gasteiger partial charge in [0.05, 0.1) is 6.61 Å². The van der Waals surface area contributed by atoms with Crippen molar-refractivity contribution < 1.29 is 4.74 Å². The molecular weight excluding hydrogens is 162 g/mol. The smallest absolute Gasteiger partial charge is 0.0673 e. The second-order valence-electron chi connectivity index (χ2n) is 3.35. The van der Waals surface area contributed by atoms with Gasteiger partial charge in [-0.1, -0.05) is 18.2 Å². The van der Waals surface area contributed by atoms with Crippen LogP contribution in [0.4, 0.5) is 0 Å². The van der Waals surface area contributed by atoms with Crippen molar-refractivity contribution in [1.29, 1.82) is 0 Å². The summed E-state index contributed by atoms with van der Waals surface area (Å²) in [6.07, 6.45) is 5.22. The molecule has 0 spiro atoms. The molecule has 2 N–H and O–H groups in total. The molecule has 2 nitrogen and oxygen atoms in total. The maximum atomic E-state index is 5.44. The lowest BCUT2D eigenvalue weighted by molar-refractivity contribution is 0.222. The van der Waals surface area contributed by atoms with Crippen LogP contribution in [0.15, 0.2) is 23.8 Å². The van der Waals surface area contributed by atoms with Crippen LogP contribution in [0.5, 0.6) is 0 Å². The lowest BCUT2D eigenvalue weighted by atomic mass is 10.1. The molecule has 0 aromatic rings. The van der Waals surface area contributed by atoms with Crippen molar-refractivity contribution in [3.8, 4) is 0 Å². The largest absolute Gasteiger partial charge is 0.380 e. The quantitative estimate of drug-likeness (QED) is 0.614. The molecule has 0 bridgehead atoms. The van der Waals surface area contributed by atoms with Gasteiger partial charge in [0, 0.05) is 7.11 Å². The van der Waals surface area contributed by atoms with Crippen LogP contribution in [0.25, 0.3) is 0 Å². The molecule has 2 heteroatoms. The SMILES string of the molecule is C=C(C)CC=C(CCCN)COC. The Morgan fingerprint density at radius 2 is 2.23 bits per heavy atom. The summed E-state index contributed by atoms with van der Waals surface area (Å²) < 4.78 is 5.09. The van der Waals surface area contributed by atoms with E-state index in [-0.39, 0.29) is 0 Å². The molecule has 76 valence electrons. The number of ether oxygens (including phenoxy) is 1. The monoisotopic (exact) mass is 183 g/mol. The van der Waals surface area contributed by atoms with Gasteiger partial charge in [0.25, 0.3) is 0 Å². The normalized spacial score (nSPS) is 11.8. The molecule has 0 aliphatic heterocycles. The zero-order valence-electron chi connectivity index (χ0n) is 8.81. The first-order valence-corrected chi connectivity index (χ1v) is 4.72. The van der Waals surface area contributed by atoms with Crippen molar-refractivity contribution in [3.05, 3.63) is 23.8 Å². The Bertz CT molecular complexity index is 173. The molecule has 0 aliphatic rings. The number of hydrogen-bond acceptors (Lipinski definition) is 2. The van der Waals surface area contributed by atoms with E-state index in [9.17, 15) is 0 Å². The fourth-order valence-corrected chi connectivity index (χ4v) is 1.07. The van der Waals surface area contributed by atoms with E-state index in [1.54, 1.807) is 7.11 Å². The summed E-state index contributed by atoms with van der Waals surface area (Å²) in [5.41, 5.74) is 7.95. The highest BCUT2D eigenvalue weighted by molar-refractivity contribution is 5.08. The first kappa shape index (κ1) is 12.4. The molecule has 0 aromatic carbocycles. The van der Waals surface area contributed by atoms with Crippen LogP contribution in [-0.4, -0.2) is 20.3 Å². The summed E-state index contributed by atoms with van der Waals surface area (Å²) in [6, 6.07) is 0. The van der Waals surface area contributed by atoms with Crippen molar-refractivity contribution >= 4 is 0 Å². The van der Waals surface area contributed by atoms with Gasteiger partial charge in [-0.05, 0) is 38.3 Å². The third-order valence-electron chi connectivity index (χ3n) is 1.77. The van der Waals surface area contributed by atoms with Crippen LogP contribution in [-0.2, 0) is 4.74 Å². The van der Waals surface area contributed by atoms with Crippen LogP contribution in [0.1, 0.15) is 26.2 Å².